The van der Waals surface area contributed by atoms with Gasteiger partial charge in [-0.2, -0.15) is 0 Å². The quantitative estimate of drug-likeness (QED) is 0.613. The Hall–Kier alpha value is -1.64. The van der Waals surface area contributed by atoms with Crippen LogP contribution in [0.15, 0.2) is 35.3 Å². The Morgan fingerprint density at radius 2 is 2.31 bits per heavy atom. The van der Waals surface area contributed by atoms with Crippen LogP contribution >= 0.6 is 0 Å². The van der Waals surface area contributed by atoms with Gasteiger partial charge in [0.15, 0.2) is 0 Å². The van der Waals surface area contributed by atoms with E-state index in [1.165, 1.54) is 5.57 Å². The first-order chi connectivity index (χ1) is 7.74. The van der Waals surface area contributed by atoms with Crippen LogP contribution in [0.5, 0.6) is 5.75 Å². The third-order valence-electron chi connectivity index (χ3n) is 2.91. The van der Waals surface area contributed by atoms with Crippen molar-refractivity contribution in [3.63, 3.8) is 0 Å². The summed E-state index contributed by atoms with van der Waals surface area (Å²) in [5.74, 6) is 0.260. The summed E-state index contributed by atoms with van der Waals surface area (Å²) in [6.07, 6.45) is 2.62. The predicted octanol–water partition coefficient (Wildman–Crippen LogP) is 1.88. The molecule has 0 amide bonds. The molecule has 0 atom stereocenters. The first-order valence-electron chi connectivity index (χ1n) is 5.41. The third-order valence-corrected chi connectivity index (χ3v) is 2.91. The number of aromatic hydroxyl groups is 1. The SMILES string of the molecule is CCC1=C(C=O)B=C(c2cccc(O)c2)C1. The zero-order chi connectivity index (χ0) is 11.5. The van der Waals surface area contributed by atoms with Crippen molar-refractivity contribution < 1.29 is 9.90 Å². The van der Waals surface area contributed by atoms with Gasteiger partial charge in [-0.3, -0.25) is 0 Å². The van der Waals surface area contributed by atoms with Crippen molar-refractivity contribution in [2.24, 2.45) is 0 Å². The van der Waals surface area contributed by atoms with Crippen molar-refractivity contribution >= 4 is 18.7 Å². The van der Waals surface area contributed by atoms with E-state index in [4.69, 9.17) is 0 Å². The molecule has 1 aromatic rings. The molecule has 2 rings (SSSR count). The molecule has 1 aromatic carbocycles. The molecule has 0 fully saturated rings. The van der Waals surface area contributed by atoms with Crippen molar-refractivity contribution in [2.45, 2.75) is 19.8 Å². The standard InChI is InChI=1S/C13H13BO2/c1-2-9-7-12(14-13(9)8-15)10-4-3-5-11(16)6-10/h3-6,8,16H,2,7H2,1H3. The van der Waals surface area contributed by atoms with Crippen LogP contribution in [0, 0.1) is 0 Å². The van der Waals surface area contributed by atoms with Gasteiger partial charge in [-0.1, -0.05) is 0 Å². The van der Waals surface area contributed by atoms with Gasteiger partial charge in [0.1, 0.15) is 0 Å². The molecule has 0 aromatic heterocycles. The molecule has 1 aliphatic heterocycles. The van der Waals surface area contributed by atoms with Gasteiger partial charge >= 0.3 is 95.0 Å². The van der Waals surface area contributed by atoms with Crippen LogP contribution in [0.4, 0.5) is 0 Å². The topological polar surface area (TPSA) is 37.3 Å². The second-order valence-electron chi connectivity index (χ2n) is 3.93. The number of allylic oxidation sites excluding steroid dienone is 2. The number of rotatable bonds is 3. The molecular weight excluding hydrogens is 199 g/mol. The molecule has 0 radical (unpaired) electrons. The zero-order valence-electron chi connectivity index (χ0n) is 9.23. The van der Waals surface area contributed by atoms with Crippen molar-refractivity contribution in [3.05, 3.63) is 40.9 Å². The molecule has 0 spiro atoms. The van der Waals surface area contributed by atoms with Crippen molar-refractivity contribution in [1.29, 1.82) is 0 Å². The van der Waals surface area contributed by atoms with Gasteiger partial charge in [0.25, 0.3) is 0 Å². The number of carbonyl (C=O) groups excluding carboxylic acids is 1. The molecule has 16 heavy (non-hydrogen) atoms. The number of hydrogen-bond acceptors (Lipinski definition) is 2. The van der Waals surface area contributed by atoms with Crippen LogP contribution in [-0.2, 0) is 4.79 Å². The Labute approximate surface area is 95.5 Å². The minimum atomic E-state index is 0.260. The summed E-state index contributed by atoms with van der Waals surface area (Å²) >= 11 is 0. The molecular formula is C13H13BO2. The summed E-state index contributed by atoms with van der Waals surface area (Å²) in [5, 5.41) is 9.41. The van der Waals surface area contributed by atoms with Crippen molar-refractivity contribution in [1.82, 2.24) is 0 Å². The molecule has 0 aliphatic carbocycles. The molecule has 80 valence electrons. The summed E-state index contributed by atoms with van der Waals surface area (Å²) in [7, 11) is 0. The Kier molecular flexibility index (Phi) is 3.04. The van der Waals surface area contributed by atoms with Crippen LogP contribution in [0.1, 0.15) is 25.3 Å². The summed E-state index contributed by atoms with van der Waals surface area (Å²) in [6, 6.07) is 7.14. The average molecular weight is 212 g/mol. The Morgan fingerprint density at radius 3 is 2.88 bits per heavy atom. The van der Waals surface area contributed by atoms with E-state index in [-0.39, 0.29) is 5.75 Å². The average Bonchev–Trinajstić information content (AvgIpc) is 2.72. The van der Waals surface area contributed by atoms with E-state index < -0.39 is 0 Å². The first-order valence-corrected chi connectivity index (χ1v) is 5.41. The summed E-state index contributed by atoms with van der Waals surface area (Å²) < 4.78 is 0. The summed E-state index contributed by atoms with van der Waals surface area (Å²) in [5.41, 5.74) is 4.06. The molecule has 1 N–H and O–H groups in total. The maximum absolute atomic E-state index is 10.9. The van der Waals surface area contributed by atoms with E-state index in [0.717, 1.165) is 35.6 Å². The number of phenolic OH excluding ortho intramolecular Hbond substituents is 1. The fourth-order valence-corrected chi connectivity index (χ4v) is 2.01. The second-order valence-corrected chi connectivity index (χ2v) is 3.93. The van der Waals surface area contributed by atoms with Crippen LogP contribution in [0.3, 0.4) is 0 Å². The fourth-order valence-electron chi connectivity index (χ4n) is 2.01. The second kappa shape index (κ2) is 4.48. The van der Waals surface area contributed by atoms with E-state index in [1.807, 2.05) is 19.1 Å². The summed E-state index contributed by atoms with van der Waals surface area (Å²) in [6.45, 7) is 3.97. The van der Waals surface area contributed by atoms with E-state index in [0.29, 0.717) is 0 Å². The minimum absolute atomic E-state index is 0.260. The number of aldehydes is 1. The van der Waals surface area contributed by atoms with Gasteiger partial charge in [0.05, 0.1) is 0 Å². The van der Waals surface area contributed by atoms with E-state index in [2.05, 4.69) is 6.92 Å². The Morgan fingerprint density at radius 1 is 1.50 bits per heavy atom. The summed E-state index contributed by atoms with van der Waals surface area (Å²) in [4.78, 5) is 10.9. The van der Waals surface area contributed by atoms with Gasteiger partial charge in [0, 0.05) is 0 Å². The predicted molar refractivity (Wildman–Crippen MR) is 66.0 cm³/mol. The Balaban J connectivity index is 2.31. The van der Waals surface area contributed by atoms with E-state index in [1.54, 1.807) is 12.1 Å². The molecule has 1 aliphatic rings. The van der Waals surface area contributed by atoms with E-state index >= 15 is 0 Å². The fraction of sp³-hybridized carbons (Fsp3) is 0.231. The molecule has 3 heteroatoms. The molecule has 0 saturated heterocycles. The first kappa shape index (κ1) is 10.9. The van der Waals surface area contributed by atoms with Gasteiger partial charge in [-0.15, -0.1) is 0 Å². The number of hydrogen-bond donors (Lipinski definition) is 1. The molecule has 0 bridgehead atoms. The van der Waals surface area contributed by atoms with Gasteiger partial charge in [-0.25, -0.2) is 0 Å². The van der Waals surface area contributed by atoms with Crippen LogP contribution in [0.2, 0.25) is 0 Å². The van der Waals surface area contributed by atoms with Crippen LogP contribution in [0.25, 0.3) is 0 Å². The zero-order valence-corrected chi connectivity index (χ0v) is 9.23. The van der Waals surface area contributed by atoms with Crippen LogP contribution < -0.4 is 0 Å². The number of benzene rings is 1. The van der Waals surface area contributed by atoms with Crippen molar-refractivity contribution in [3.8, 4) is 5.75 Å². The Bertz CT molecular complexity index is 486. The molecule has 0 unspecified atom stereocenters. The van der Waals surface area contributed by atoms with Crippen LogP contribution in [-0.4, -0.2) is 23.8 Å². The van der Waals surface area contributed by atoms with Gasteiger partial charge in [-0.05, 0) is 0 Å². The molecule has 2 nitrogen and oxygen atoms in total. The number of phenols is 1. The van der Waals surface area contributed by atoms with Gasteiger partial charge in [0.2, 0.25) is 0 Å². The van der Waals surface area contributed by atoms with E-state index in [9.17, 15) is 9.90 Å². The monoisotopic (exact) mass is 212 g/mol. The maximum atomic E-state index is 10.9. The number of carbonyl (C=O) groups is 1. The third kappa shape index (κ3) is 1.99. The molecule has 0 saturated carbocycles. The normalized spacial score (nSPS) is 14.7. The van der Waals surface area contributed by atoms with Gasteiger partial charge < -0.3 is 0 Å². The van der Waals surface area contributed by atoms with Crippen molar-refractivity contribution in [2.75, 3.05) is 0 Å². The molecule has 1 heterocycles.